The molecular formula is C19H17NO4. The zero-order valence-corrected chi connectivity index (χ0v) is 13.1. The van der Waals surface area contributed by atoms with Crippen LogP contribution in [-0.2, 0) is 15.1 Å². The summed E-state index contributed by atoms with van der Waals surface area (Å²) >= 11 is 0. The summed E-state index contributed by atoms with van der Waals surface area (Å²) in [7, 11) is 0. The van der Waals surface area contributed by atoms with Crippen LogP contribution < -0.4 is 0 Å². The highest BCUT2D eigenvalue weighted by molar-refractivity contribution is 5.95. The van der Waals surface area contributed by atoms with Crippen LogP contribution in [0.15, 0.2) is 53.2 Å². The van der Waals surface area contributed by atoms with Crippen LogP contribution in [-0.4, -0.2) is 29.9 Å². The minimum absolute atomic E-state index is 0.106. The smallest absolute Gasteiger partial charge is 0.339 e. The normalized spacial score (nSPS) is 22.8. The molecule has 5 nitrogen and oxygen atoms in total. The largest absolute Gasteiger partial charge is 0.465 e. The number of hydrogen-bond acceptors (Lipinski definition) is 4. The van der Waals surface area contributed by atoms with Gasteiger partial charge in [0.15, 0.2) is 5.60 Å². The van der Waals surface area contributed by atoms with Crippen LogP contribution in [0.5, 0.6) is 0 Å². The summed E-state index contributed by atoms with van der Waals surface area (Å²) in [4.78, 5) is 26.4. The molecule has 2 aliphatic rings. The van der Waals surface area contributed by atoms with Gasteiger partial charge in [0.2, 0.25) is 5.91 Å². The van der Waals surface area contributed by atoms with Crippen molar-refractivity contribution in [2.24, 2.45) is 0 Å². The summed E-state index contributed by atoms with van der Waals surface area (Å²) in [6.07, 6.45) is 6.25. The Morgan fingerprint density at radius 1 is 1.21 bits per heavy atom. The second kappa shape index (κ2) is 5.67. The molecule has 2 aromatic rings. The van der Waals surface area contributed by atoms with Crippen molar-refractivity contribution < 1.29 is 18.7 Å². The Morgan fingerprint density at radius 3 is 2.92 bits per heavy atom. The summed E-state index contributed by atoms with van der Waals surface area (Å²) in [6.45, 7) is 1.04. The van der Waals surface area contributed by atoms with E-state index in [1.807, 2.05) is 18.2 Å². The van der Waals surface area contributed by atoms with Crippen molar-refractivity contribution in [3.63, 3.8) is 0 Å². The second-order valence-corrected chi connectivity index (χ2v) is 6.14. The standard InChI is InChI=1S/C19H17NO4/c21-17(9-8-14-5-3-12-23-14)20-11-4-10-19(13-20)16-7-2-1-6-15(16)18(22)24-19/h1-3,5-9,12H,4,10-11,13H2. The van der Waals surface area contributed by atoms with Crippen LogP contribution in [0, 0.1) is 0 Å². The van der Waals surface area contributed by atoms with Gasteiger partial charge in [0, 0.05) is 18.2 Å². The van der Waals surface area contributed by atoms with Crippen LogP contribution in [0.2, 0.25) is 0 Å². The molecule has 1 aromatic heterocycles. The molecule has 1 unspecified atom stereocenters. The lowest BCUT2D eigenvalue weighted by atomic mass is 9.85. The quantitative estimate of drug-likeness (QED) is 0.630. The SMILES string of the molecule is O=C1OC2(CCCN(C(=O)C=Cc3ccco3)C2)c2ccccc21. The Hall–Kier alpha value is -2.82. The number of benzene rings is 1. The number of furan rings is 1. The predicted octanol–water partition coefficient (Wildman–Crippen LogP) is 2.98. The van der Waals surface area contributed by atoms with Gasteiger partial charge in [-0.05, 0) is 37.1 Å². The van der Waals surface area contributed by atoms with Crippen molar-refractivity contribution in [3.05, 3.63) is 65.6 Å². The van der Waals surface area contributed by atoms with E-state index in [0.717, 1.165) is 18.4 Å². The first-order chi connectivity index (χ1) is 11.7. The van der Waals surface area contributed by atoms with Gasteiger partial charge in [0.05, 0.1) is 18.4 Å². The fourth-order valence-electron chi connectivity index (χ4n) is 3.50. The van der Waals surface area contributed by atoms with Crippen molar-refractivity contribution in [2.45, 2.75) is 18.4 Å². The number of fused-ring (bicyclic) bond motifs is 2. The summed E-state index contributed by atoms with van der Waals surface area (Å²) in [5.74, 6) is 0.227. The number of carbonyl (C=O) groups excluding carboxylic acids is 2. The van der Waals surface area contributed by atoms with Crippen molar-refractivity contribution in [2.75, 3.05) is 13.1 Å². The monoisotopic (exact) mass is 323 g/mol. The van der Waals surface area contributed by atoms with Gasteiger partial charge >= 0.3 is 5.97 Å². The van der Waals surface area contributed by atoms with Crippen LogP contribution in [0.4, 0.5) is 0 Å². The lowest BCUT2D eigenvalue weighted by molar-refractivity contribution is -0.133. The molecule has 0 N–H and O–H groups in total. The number of piperidine rings is 1. The molecule has 2 aliphatic heterocycles. The summed E-state index contributed by atoms with van der Waals surface area (Å²) in [5.41, 5.74) is 0.792. The minimum Gasteiger partial charge on any atom is -0.465 e. The highest BCUT2D eigenvalue weighted by Crippen LogP contribution is 2.42. The van der Waals surface area contributed by atoms with E-state index in [-0.39, 0.29) is 11.9 Å². The summed E-state index contributed by atoms with van der Waals surface area (Å²) < 4.78 is 10.9. The van der Waals surface area contributed by atoms with Gasteiger partial charge in [0.25, 0.3) is 0 Å². The van der Waals surface area contributed by atoms with Crippen molar-refractivity contribution >= 4 is 18.0 Å². The Balaban J connectivity index is 1.56. The molecule has 4 rings (SSSR count). The zero-order chi connectivity index (χ0) is 16.6. The third-order valence-electron chi connectivity index (χ3n) is 4.63. The van der Waals surface area contributed by atoms with Crippen LogP contribution in [0.3, 0.4) is 0 Å². The molecule has 5 heteroatoms. The molecule has 122 valence electrons. The van der Waals surface area contributed by atoms with Gasteiger partial charge < -0.3 is 14.1 Å². The van der Waals surface area contributed by atoms with E-state index >= 15 is 0 Å². The molecule has 0 aliphatic carbocycles. The van der Waals surface area contributed by atoms with Crippen molar-refractivity contribution in [1.29, 1.82) is 0 Å². The highest BCUT2D eigenvalue weighted by Gasteiger charge is 2.48. The van der Waals surface area contributed by atoms with E-state index in [1.165, 1.54) is 6.08 Å². The molecule has 0 saturated carbocycles. The minimum atomic E-state index is -0.708. The highest BCUT2D eigenvalue weighted by atomic mass is 16.6. The summed E-state index contributed by atoms with van der Waals surface area (Å²) in [6, 6.07) is 11.0. The Morgan fingerprint density at radius 2 is 2.08 bits per heavy atom. The van der Waals surface area contributed by atoms with Crippen molar-refractivity contribution in [3.8, 4) is 0 Å². The molecule has 0 bridgehead atoms. The number of carbonyl (C=O) groups is 2. The average Bonchev–Trinajstić information content (AvgIpc) is 3.21. The van der Waals surface area contributed by atoms with Gasteiger partial charge in [-0.3, -0.25) is 4.79 Å². The maximum absolute atomic E-state index is 12.5. The molecular weight excluding hydrogens is 306 g/mol. The molecule has 24 heavy (non-hydrogen) atoms. The Bertz CT molecular complexity index is 809. The third kappa shape index (κ3) is 2.42. The first-order valence-corrected chi connectivity index (χ1v) is 8.01. The number of hydrogen-bond donors (Lipinski definition) is 0. The zero-order valence-electron chi connectivity index (χ0n) is 13.1. The van der Waals surface area contributed by atoms with E-state index in [9.17, 15) is 9.59 Å². The Labute approximate surface area is 139 Å². The number of ether oxygens (including phenoxy) is 1. The van der Waals surface area contributed by atoms with Crippen LogP contribution in [0.25, 0.3) is 6.08 Å². The topological polar surface area (TPSA) is 59.8 Å². The molecule has 1 amide bonds. The average molecular weight is 323 g/mol. The van der Waals surface area contributed by atoms with E-state index in [1.54, 1.807) is 35.4 Å². The first kappa shape index (κ1) is 14.8. The van der Waals surface area contributed by atoms with E-state index in [2.05, 4.69) is 0 Å². The first-order valence-electron chi connectivity index (χ1n) is 8.01. The fourth-order valence-corrected chi connectivity index (χ4v) is 3.50. The second-order valence-electron chi connectivity index (χ2n) is 6.14. The molecule has 1 spiro atoms. The molecule has 1 atom stereocenters. The third-order valence-corrected chi connectivity index (χ3v) is 4.63. The lowest BCUT2D eigenvalue weighted by Gasteiger charge is -2.39. The lowest BCUT2D eigenvalue weighted by Crippen LogP contribution is -2.48. The van der Waals surface area contributed by atoms with Crippen molar-refractivity contribution in [1.82, 2.24) is 4.90 Å². The molecule has 1 aromatic carbocycles. The number of esters is 1. The maximum atomic E-state index is 12.5. The van der Waals surface area contributed by atoms with Crippen LogP contribution in [0.1, 0.15) is 34.5 Å². The van der Waals surface area contributed by atoms with Gasteiger partial charge in [0.1, 0.15) is 5.76 Å². The maximum Gasteiger partial charge on any atom is 0.339 e. The molecule has 1 saturated heterocycles. The number of likely N-dealkylation sites (tertiary alicyclic amines) is 1. The van der Waals surface area contributed by atoms with Gasteiger partial charge in [-0.25, -0.2) is 4.79 Å². The number of rotatable bonds is 2. The molecule has 0 radical (unpaired) electrons. The van der Waals surface area contributed by atoms with E-state index in [0.29, 0.717) is 24.4 Å². The van der Waals surface area contributed by atoms with Gasteiger partial charge in [-0.15, -0.1) is 0 Å². The van der Waals surface area contributed by atoms with Gasteiger partial charge in [-0.2, -0.15) is 0 Å². The van der Waals surface area contributed by atoms with E-state index < -0.39 is 5.60 Å². The predicted molar refractivity (Wildman–Crippen MR) is 87.1 cm³/mol. The van der Waals surface area contributed by atoms with Crippen LogP contribution >= 0.6 is 0 Å². The number of amides is 1. The number of nitrogens with zero attached hydrogens (tertiary/aromatic N) is 1. The van der Waals surface area contributed by atoms with E-state index in [4.69, 9.17) is 9.15 Å². The molecule has 3 heterocycles. The van der Waals surface area contributed by atoms with Gasteiger partial charge in [-0.1, -0.05) is 18.2 Å². The Kier molecular flexibility index (Phi) is 3.49. The fraction of sp³-hybridized carbons (Fsp3) is 0.263. The summed E-state index contributed by atoms with van der Waals surface area (Å²) in [5, 5.41) is 0. The molecule has 1 fully saturated rings.